The molecule has 0 saturated carbocycles. The van der Waals surface area contributed by atoms with E-state index in [4.69, 9.17) is 4.55 Å². The number of carbonyl (C=O) groups excluding carboxylic acids is 1. The second kappa shape index (κ2) is 6.89. The summed E-state index contributed by atoms with van der Waals surface area (Å²) < 4.78 is 98.7. The van der Waals surface area contributed by atoms with E-state index in [1.54, 1.807) is 12.1 Å². The maximum atomic E-state index is 13.5. The Kier molecular flexibility index (Phi) is 5.30. The lowest BCUT2D eigenvalue weighted by Crippen LogP contribution is -2.52. The quantitative estimate of drug-likeness (QED) is 0.457. The van der Waals surface area contributed by atoms with Crippen LogP contribution in [0.1, 0.15) is 15.9 Å². The number of alkyl halides is 5. The van der Waals surface area contributed by atoms with Crippen LogP contribution >= 0.6 is 0 Å². The summed E-state index contributed by atoms with van der Waals surface area (Å²) >= 11 is 0. The van der Waals surface area contributed by atoms with Crippen LogP contribution in [-0.4, -0.2) is 36.5 Å². The number of ether oxygens (including phenoxy) is 1. The topological polar surface area (TPSA) is 80.7 Å². The standard InChI is InChI=1S/C16H11F5O5S/c1-2-9-3-4-11-8-12(6-5-10(11)7-9)13(22)26-14(15(17,18)19)16(20,21)27(23,24)25/h2-8,14H,1H2,(H,23,24,25). The molecule has 0 fully saturated rings. The molecule has 0 saturated heterocycles. The van der Waals surface area contributed by atoms with E-state index >= 15 is 0 Å². The van der Waals surface area contributed by atoms with Crippen LogP contribution in [0.5, 0.6) is 0 Å². The Morgan fingerprint density at radius 2 is 1.63 bits per heavy atom. The molecular weight excluding hydrogens is 399 g/mol. The van der Waals surface area contributed by atoms with Gasteiger partial charge in [-0.3, -0.25) is 4.55 Å². The highest BCUT2D eigenvalue weighted by Gasteiger charge is 2.66. The summed E-state index contributed by atoms with van der Waals surface area (Å²) in [6.45, 7) is 3.56. The van der Waals surface area contributed by atoms with E-state index in [-0.39, 0.29) is 0 Å². The van der Waals surface area contributed by atoms with E-state index in [0.29, 0.717) is 10.8 Å². The van der Waals surface area contributed by atoms with E-state index in [2.05, 4.69) is 11.3 Å². The molecule has 1 atom stereocenters. The van der Waals surface area contributed by atoms with Crippen LogP contribution in [0.4, 0.5) is 22.0 Å². The highest BCUT2D eigenvalue weighted by molar-refractivity contribution is 7.86. The number of hydrogen-bond donors (Lipinski definition) is 1. The van der Waals surface area contributed by atoms with E-state index in [1.807, 2.05) is 0 Å². The fraction of sp³-hybridized carbons (Fsp3) is 0.188. The van der Waals surface area contributed by atoms with Crippen LogP contribution in [0.15, 0.2) is 43.0 Å². The average Bonchev–Trinajstić information content (AvgIpc) is 2.56. The van der Waals surface area contributed by atoms with Crippen LogP contribution in [0.3, 0.4) is 0 Å². The van der Waals surface area contributed by atoms with Gasteiger partial charge in [-0.25, -0.2) is 4.79 Å². The number of rotatable bonds is 5. The molecule has 5 nitrogen and oxygen atoms in total. The van der Waals surface area contributed by atoms with Crippen LogP contribution in [-0.2, 0) is 14.9 Å². The first kappa shape index (κ1) is 20.8. The smallest absolute Gasteiger partial charge is 0.432 e. The first-order chi connectivity index (χ1) is 12.3. The molecule has 2 rings (SSSR count). The van der Waals surface area contributed by atoms with Crippen molar-refractivity contribution in [3.63, 3.8) is 0 Å². The fourth-order valence-electron chi connectivity index (χ4n) is 2.15. The van der Waals surface area contributed by atoms with E-state index in [1.165, 1.54) is 18.2 Å². The number of hydrogen-bond acceptors (Lipinski definition) is 4. The Labute approximate surface area is 149 Å². The zero-order chi connectivity index (χ0) is 20.6. The van der Waals surface area contributed by atoms with Crippen LogP contribution in [0.2, 0.25) is 0 Å². The van der Waals surface area contributed by atoms with Gasteiger partial charge in [0.1, 0.15) is 0 Å². The summed E-state index contributed by atoms with van der Waals surface area (Å²) in [4.78, 5) is 11.9. The summed E-state index contributed by atoms with van der Waals surface area (Å²) in [5.41, 5.74) is 0.206. The van der Waals surface area contributed by atoms with Gasteiger partial charge in [0, 0.05) is 0 Å². The number of benzene rings is 2. The van der Waals surface area contributed by atoms with Gasteiger partial charge in [-0.05, 0) is 34.5 Å². The molecule has 0 aliphatic carbocycles. The number of fused-ring (bicyclic) bond motifs is 1. The molecule has 1 N–H and O–H groups in total. The van der Waals surface area contributed by atoms with E-state index < -0.39 is 39.2 Å². The summed E-state index contributed by atoms with van der Waals surface area (Å²) in [5, 5.41) is -4.81. The average molecular weight is 410 g/mol. The third kappa shape index (κ3) is 4.25. The van der Waals surface area contributed by atoms with Gasteiger partial charge in [0.05, 0.1) is 5.56 Å². The molecule has 0 spiro atoms. The number of carbonyl (C=O) groups is 1. The zero-order valence-electron chi connectivity index (χ0n) is 13.2. The lowest BCUT2D eigenvalue weighted by Gasteiger charge is -2.26. The van der Waals surface area contributed by atoms with Crippen molar-refractivity contribution >= 4 is 32.9 Å². The summed E-state index contributed by atoms with van der Waals surface area (Å²) in [5.74, 6) is -1.84. The zero-order valence-corrected chi connectivity index (χ0v) is 14.0. The molecule has 0 aliphatic rings. The minimum atomic E-state index is -6.49. The Morgan fingerprint density at radius 1 is 1.07 bits per heavy atom. The van der Waals surface area contributed by atoms with Crippen molar-refractivity contribution in [1.29, 1.82) is 0 Å². The van der Waals surface area contributed by atoms with Crippen molar-refractivity contribution in [2.45, 2.75) is 17.5 Å². The van der Waals surface area contributed by atoms with Gasteiger partial charge in [0.2, 0.25) is 0 Å². The number of esters is 1. The summed E-state index contributed by atoms with van der Waals surface area (Å²) in [7, 11) is -6.49. The van der Waals surface area contributed by atoms with Crippen molar-refractivity contribution in [2.75, 3.05) is 0 Å². The first-order valence-corrected chi connectivity index (χ1v) is 8.50. The molecule has 0 aliphatic heterocycles. The predicted molar refractivity (Wildman–Crippen MR) is 85.8 cm³/mol. The van der Waals surface area contributed by atoms with E-state index in [0.717, 1.165) is 17.7 Å². The molecule has 2 aromatic carbocycles. The molecular formula is C16H11F5O5S. The maximum absolute atomic E-state index is 13.5. The molecule has 0 bridgehead atoms. The highest BCUT2D eigenvalue weighted by Crippen LogP contribution is 2.38. The predicted octanol–water partition coefficient (Wildman–Crippen LogP) is 4.05. The normalized spacial score (nSPS) is 14.0. The minimum absolute atomic E-state index is 0.389. The second-order valence-corrected chi connectivity index (χ2v) is 6.88. The molecule has 0 amide bonds. The van der Waals surface area contributed by atoms with Gasteiger partial charge in [-0.2, -0.15) is 30.4 Å². The minimum Gasteiger partial charge on any atom is -0.441 e. The summed E-state index contributed by atoms with van der Waals surface area (Å²) in [6, 6.07) is 8.21. The molecule has 0 aromatic heterocycles. The van der Waals surface area contributed by atoms with Crippen LogP contribution in [0.25, 0.3) is 16.8 Å². The lowest BCUT2D eigenvalue weighted by molar-refractivity contribution is -0.248. The molecule has 0 radical (unpaired) electrons. The number of halogens is 5. The van der Waals surface area contributed by atoms with Crippen molar-refractivity contribution in [1.82, 2.24) is 0 Å². The van der Waals surface area contributed by atoms with Crippen LogP contribution < -0.4 is 0 Å². The Balaban J connectivity index is 2.40. The van der Waals surface area contributed by atoms with Gasteiger partial charge in [0.25, 0.3) is 6.10 Å². The largest absolute Gasteiger partial charge is 0.441 e. The lowest BCUT2D eigenvalue weighted by atomic mass is 10.0. The second-order valence-electron chi connectivity index (χ2n) is 5.39. The van der Waals surface area contributed by atoms with Gasteiger partial charge >= 0.3 is 27.5 Å². The Hall–Kier alpha value is -2.53. The fourth-order valence-corrected chi connectivity index (χ4v) is 2.61. The van der Waals surface area contributed by atoms with E-state index in [9.17, 15) is 35.2 Å². The summed E-state index contributed by atoms with van der Waals surface area (Å²) in [6.07, 6.45) is -8.80. The Bertz CT molecular complexity index is 998. The molecule has 1 unspecified atom stereocenters. The molecule has 11 heteroatoms. The molecule has 27 heavy (non-hydrogen) atoms. The van der Waals surface area contributed by atoms with Crippen molar-refractivity contribution in [2.24, 2.45) is 0 Å². The first-order valence-electron chi connectivity index (χ1n) is 7.06. The van der Waals surface area contributed by atoms with Crippen molar-refractivity contribution < 1.29 is 44.5 Å². The SMILES string of the molecule is C=Cc1ccc2cc(C(=O)OC(C(F)(F)F)C(F)(F)S(=O)(=O)O)ccc2c1. The van der Waals surface area contributed by atoms with Gasteiger partial charge in [0.15, 0.2) is 0 Å². The molecule has 2 aromatic rings. The van der Waals surface area contributed by atoms with Gasteiger partial charge < -0.3 is 4.74 Å². The van der Waals surface area contributed by atoms with Crippen molar-refractivity contribution in [3.8, 4) is 0 Å². The van der Waals surface area contributed by atoms with Crippen molar-refractivity contribution in [3.05, 3.63) is 54.1 Å². The van der Waals surface area contributed by atoms with Gasteiger partial charge in [-0.1, -0.05) is 30.9 Å². The highest BCUT2D eigenvalue weighted by atomic mass is 32.2. The van der Waals surface area contributed by atoms with Crippen LogP contribution in [0, 0.1) is 0 Å². The maximum Gasteiger partial charge on any atom is 0.432 e. The third-order valence-electron chi connectivity index (χ3n) is 3.51. The molecule has 0 heterocycles. The molecule has 146 valence electrons. The Morgan fingerprint density at radius 3 is 2.15 bits per heavy atom. The van der Waals surface area contributed by atoms with Gasteiger partial charge in [-0.15, -0.1) is 0 Å². The monoisotopic (exact) mass is 410 g/mol. The third-order valence-corrected chi connectivity index (χ3v) is 4.41.